The zero-order chi connectivity index (χ0) is 19.0. The summed E-state index contributed by atoms with van der Waals surface area (Å²) in [6.45, 7) is 6.64. The first kappa shape index (κ1) is 18.2. The molecule has 142 valence electrons. The van der Waals surface area contributed by atoms with Crippen molar-refractivity contribution in [2.24, 2.45) is 0 Å². The number of oxazole rings is 1. The Hall–Kier alpha value is -2.18. The van der Waals surface area contributed by atoms with Crippen LogP contribution in [0.25, 0.3) is 11.1 Å². The smallest absolute Gasteiger partial charge is 0.199 e. The van der Waals surface area contributed by atoms with Crippen LogP contribution in [0, 0.1) is 6.92 Å². The predicted molar refractivity (Wildman–Crippen MR) is 106 cm³/mol. The van der Waals surface area contributed by atoms with Crippen molar-refractivity contribution >= 4 is 20.9 Å². The number of fused-ring (bicyclic) bond motifs is 1. The molecule has 3 aromatic rings. The Balaban J connectivity index is 1.52. The van der Waals surface area contributed by atoms with Crippen LogP contribution >= 0.6 is 0 Å². The van der Waals surface area contributed by atoms with E-state index in [1.54, 1.807) is 25.1 Å². The predicted octanol–water partition coefficient (Wildman–Crippen LogP) is 3.92. The molecule has 0 N–H and O–H groups in total. The maximum absolute atomic E-state index is 12.1. The third-order valence-electron chi connectivity index (χ3n) is 5.39. The van der Waals surface area contributed by atoms with E-state index in [4.69, 9.17) is 4.42 Å². The van der Waals surface area contributed by atoms with E-state index in [1.807, 2.05) is 0 Å². The van der Waals surface area contributed by atoms with Gasteiger partial charge in [0.2, 0.25) is 0 Å². The van der Waals surface area contributed by atoms with Gasteiger partial charge in [-0.15, -0.1) is 0 Å². The molecule has 27 heavy (non-hydrogen) atoms. The molecule has 0 radical (unpaired) electrons. The lowest BCUT2D eigenvalue weighted by atomic mass is 10.1. The first-order valence-electron chi connectivity index (χ1n) is 9.36. The highest BCUT2D eigenvalue weighted by molar-refractivity contribution is 7.91. The van der Waals surface area contributed by atoms with Gasteiger partial charge in [-0.2, -0.15) is 0 Å². The highest BCUT2D eigenvalue weighted by atomic mass is 32.2. The largest absolute Gasteiger partial charge is 0.440 e. The number of hydrogen-bond acceptors (Lipinski definition) is 5. The van der Waals surface area contributed by atoms with Crippen LogP contribution in [-0.4, -0.2) is 37.1 Å². The Morgan fingerprint density at radius 3 is 2.81 bits per heavy atom. The van der Waals surface area contributed by atoms with Crippen molar-refractivity contribution in [3.63, 3.8) is 0 Å². The van der Waals surface area contributed by atoms with Gasteiger partial charge in [0.05, 0.1) is 10.6 Å². The van der Waals surface area contributed by atoms with Gasteiger partial charge in [-0.05, 0) is 49.2 Å². The lowest BCUT2D eigenvalue weighted by Gasteiger charge is -2.16. The van der Waals surface area contributed by atoms with Crippen LogP contribution in [0.4, 0.5) is 0 Å². The lowest BCUT2D eigenvalue weighted by Crippen LogP contribution is -2.20. The topological polar surface area (TPSA) is 63.4 Å². The molecule has 1 aromatic heterocycles. The van der Waals surface area contributed by atoms with Crippen molar-refractivity contribution in [2.45, 2.75) is 37.6 Å². The average Bonchev–Trinajstić information content (AvgIpc) is 3.29. The van der Waals surface area contributed by atoms with E-state index in [0.29, 0.717) is 21.9 Å². The second-order valence-electron chi connectivity index (χ2n) is 7.23. The zero-order valence-corrected chi connectivity index (χ0v) is 16.5. The standard InChI is InChI=1S/C21H24N2O3S/c1-3-27(24,25)18-8-9-20-19(12-18)22-21(26-20)17-10-11-23(14-17)13-16-7-5-4-6-15(16)2/h4-9,12,17H,3,10-11,13-14H2,1-2H3. The summed E-state index contributed by atoms with van der Waals surface area (Å²) in [5, 5.41) is 0. The van der Waals surface area contributed by atoms with Crippen molar-refractivity contribution in [3.05, 3.63) is 59.5 Å². The minimum Gasteiger partial charge on any atom is -0.440 e. The second kappa shape index (κ2) is 7.09. The van der Waals surface area contributed by atoms with Gasteiger partial charge in [-0.3, -0.25) is 4.90 Å². The minimum absolute atomic E-state index is 0.0830. The molecule has 2 aromatic carbocycles. The van der Waals surface area contributed by atoms with Crippen molar-refractivity contribution in [1.29, 1.82) is 0 Å². The Bertz CT molecular complexity index is 1070. The molecule has 0 aliphatic carbocycles. The lowest BCUT2D eigenvalue weighted by molar-refractivity contribution is 0.320. The van der Waals surface area contributed by atoms with Crippen LogP contribution in [0.2, 0.25) is 0 Å². The molecule has 1 saturated heterocycles. The van der Waals surface area contributed by atoms with Crippen LogP contribution < -0.4 is 0 Å². The number of likely N-dealkylation sites (tertiary alicyclic amines) is 1. The molecule has 0 saturated carbocycles. The number of benzene rings is 2. The number of aryl methyl sites for hydroxylation is 1. The summed E-state index contributed by atoms with van der Waals surface area (Å²) in [6.07, 6.45) is 0.999. The van der Waals surface area contributed by atoms with E-state index in [0.717, 1.165) is 26.1 Å². The molecule has 4 rings (SSSR count). The van der Waals surface area contributed by atoms with E-state index in [9.17, 15) is 8.42 Å². The fraction of sp³-hybridized carbons (Fsp3) is 0.381. The van der Waals surface area contributed by atoms with Crippen LogP contribution in [0.1, 0.15) is 36.3 Å². The number of rotatable bonds is 5. The fourth-order valence-electron chi connectivity index (χ4n) is 3.67. The maximum atomic E-state index is 12.1. The highest BCUT2D eigenvalue weighted by Crippen LogP contribution is 2.31. The highest BCUT2D eigenvalue weighted by Gasteiger charge is 2.28. The third kappa shape index (κ3) is 3.64. The van der Waals surface area contributed by atoms with Crippen LogP contribution in [-0.2, 0) is 16.4 Å². The molecule has 1 atom stereocenters. The molecule has 1 aliphatic rings. The summed E-state index contributed by atoms with van der Waals surface area (Å²) in [5.41, 5.74) is 3.94. The molecule has 6 heteroatoms. The van der Waals surface area contributed by atoms with Crippen LogP contribution in [0.5, 0.6) is 0 Å². The average molecular weight is 385 g/mol. The zero-order valence-electron chi connectivity index (χ0n) is 15.7. The quantitative estimate of drug-likeness (QED) is 0.667. The van der Waals surface area contributed by atoms with Gasteiger partial charge < -0.3 is 4.42 Å². The second-order valence-corrected chi connectivity index (χ2v) is 9.51. The third-order valence-corrected chi connectivity index (χ3v) is 7.12. The molecular weight excluding hydrogens is 360 g/mol. The van der Waals surface area contributed by atoms with Crippen LogP contribution in [0.15, 0.2) is 51.8 Å². The van der Waals surface area contributed by atoms with Gasteiger partial charge in [0.1, 0.15) is 5.52 Å². The van der Waals surface area contributed by atoms with E-state index in [1.165, 1.54) is 11.1 Å². The molecule has 0 bridgehead atoms. The molecule has 0 spiro atoms. The van der Waals surface area contributed by atoms with E-state index in [-0.39, 0.29) is 11.7 Å². The molecule has 2 heterocycles. The Labute approximate surface area is 159 Å². The van der Waals surface area contributed by atoms with Gasteiger partial charge in [0.25, 0.3) is 0 Å². The minimum atomic E-state index is -3.24. The Morgan fingerprint density at radius 2 is 2.04 bits per heavy atom. The first-order chi connectivity index (χ1) is 13.0. The normalized spacial score (nSPS) is 18.4. The molecule has 5 nitrogen and oxygen atoms in total. The monoisotopic (exact) mass is 384 g/mol. The van der Waals surface area contributed by atoms with Gasteiger partial charge >= 0.3 is 0 Å². The first-order valence-corrected chi connectivity index (χ1v) is 11.0. The van der Waals surface area contributed by atoms with Crippen molar-refractivity contribution in [3.8, 4) is 0 Å². The van der Waals surface area contributed by atoms with Crippen molar-refractivity contribution < 1.29 is 12.8 Å². The van der Waals surface area contributed by atoms with Gasteiger partial charge in [-0.1, -0.05) is 31.2 Å². The molecule has 1 fully saturated rings. The number of nitrogens with zero attached hydrogens (tertiary/aromatic N) is 2. The van der Waals surface area contributed by atoms with E-state index >= 15 is 0 Å². The Kier molecular flexibility index (Phi) is 4.78. The van der Waals surface area contributed by atoms with Gasteiger partial charge in [-0.25, -0.2) is 13.4 Å². The van der Waals surface area contributed by atoms with E-state index in [2.05, 4.69) is 41.1 Å². The molecule has 0 amide bonds. The fourth-order valence-corrected chi connectivity index (χ4v) is 4.57. The summed E-state index contributed by atoms with van der Waals surface area (Å²) in [5.74, 6) is 1.04. The van der Waals surface area contributed by atoms with Gasteiger partial charge in [0, 0.05) is 19.0 Å². The molecule has 1 unspecified atom stereocenters. The van der Waals surface area contributed by atoms with Crippen molar-refractivity contribution in [1.82, 2.24) is 9.88 Å². The SMILES string of the molecule is CCS(=O)(=O)c1ccc2oc(C3CCN(Cc4ccccc4C)C3)nc2c1. The molecular formula is C21H24N2O3S. The Morgan fingerprint density at radius 1 is 1.22 bits per heavy atom. The summed E-state index contributed by atoms with van der Waals surface area (Å²) in [4.78, 5) is 7.34. The van der Waals surface area contributed by atoms with E-state index < -0.39 is 9.84 Å². The van der Waals surface area contributed by atoms with Gasteiger partial charge in [0.15, 0.2) is 21.3 Å². The number of hydrogen-bond donors (Lipinski definition) is 0. The van der Waals surface area contributed by atoms with Crippen molar-refractivity contribution in [2.75, 3.05) is 18.8 Å². The molecule has 1 aliphatic heterocycles. The summed E-state index contributed by atoms with van der Waals surface area (Å²) in [7, 11) is -3.24. The van der Waals surface area contributed by atoms with Crippen LogP contribution in [0.3, 0.4) is 0 Å². The summed E-state index contributed by atoms with van der Waals surface area (Å²) in [6, 6.07) is 13.4. The number of aromatic nitrogens is 1. The summed E-state index contributed by atoms with van der Waals surface area (Å²) >= 11 is 0. The number of sulfone groups is 1. The maximum Gasteiger partial charge on any atom is 0.199 e. The summed E-state index contributed by atoms with van der Waals surface area (Å²) < 4.78 is 30.1.